The van der Waals surface area contributed by atoms with E-state index in [-0.39, 0.29) is 5.91 Å². The summed E-state index contributed by atoms with van der Waals surface area (Å²) in [5, 5.41) is 3.04. The Labute approximate surface area is 78.7 Å². The number of hydrogen-bond acceptors (Lipinski definition) is 1. The summed E-state index contributed by atoms with van der Waals surface area (Å²) >= 11 is 0. The van der Waals surface area contributed by atoms with Crippen LogP contribution >= 0.6 is 0 Å². The lowest BCUT2D eigenvalue weighted by atomic mass is 9.93. The number of nitrogens with one attached hydrogen (secondary N) is 1. The van der Waals surface area contributed by atoms with Crippen LogP contribution in [0.2, 0.25) is 0 Å². The van der Waals surface area contributed by atoms with Crippen molar-refractivity contribution in [3.8, 4) is 0 Å². The van der Waals surface area contributed by atoms with E-state index in [1.54, 1.807) is 0 Å². The summed E-state index contributed by atoms with van der Waals surface area (Å²) in [6.45, 7) is 2.16. The molecule has 2 nitrogen and oxygen atoms in total. The van der Waals surface area contributed by atoms with Crippen LogP contribution in [0.15, 0.2) is 23.3 Å². The van der Waals surface area contributed by atoms with Crippen molar-refractivity contribution in [2.75, 3.05) is 0 Å². The Bertz CT molecular complexity index is 288. The SMILES string of the molecule is CCCC1NC(=O)C2=C1CC=CC2. The summed E-state index contributed by atoms with van der Waals surface area (Å²) in [6.07, 6.45) is 8.28. The Hall–Kier alpha value is -1.05. The van der Waals surface area contributed by atoms with Crippen LogP contribution in [0.25, 0.3) is 0 Å². The lowest BCUT2D eigenvalue weighted by Gasteiger charge is -2.14. The molecule has 1 unspecified atom stereocenters. The quantitative estimate of drug-likeness (QED) is 0.641. The minimum absolute atomic E-state index is 0.165. The van der Waals surface area contributed by atoms with Crippen LogP contribution in [-0.2, 0) is 4.79 Å². The largest absolute Gasteiger partial charge is 0.346 e. The number of amides is 1. The maximum absolute atomic E-state index is 11.5. The number of allylic oxidation sites excluding steroid dienone is 2. The number of carbonyl (C=O) groups is 1. The zero-order valence-corrected chi connectivity index (χ0v) is 7.97. The highest BCUT2D eigenvalue weighted by Crippen LogP contribution is 2.29. The molecule has 1 aliphatic carbocycles. The highest BCUT2D eigenvalue weighted by atomic mass is 16.2. The maximum Gasteiger partial charge on any atom is 0.248 e. The lowest BCUT2D eigenvalue weighted by molar-refractivity contribution is -0.117. The molecule has 2 rings (SSSR count). The van der Waals surface area contributed by atoms with Gasteiger partial charge in [-0.2, -0.15) is 0 Å². The van der Waals surface area contributed by atoms with Crippen molar-refractivity contribution in [2.24, 2.45) is 0 Å². The Morgan fingerprint density at radius 3 is 3.00 bits per heavy atom. The fourth-order valence-corrected chi connectivity index (χ4v) is 2.12. The molecular formula is C11H15NO. The third kappa shape index (κ3) is 1.41. The molecular weight excluding hydrogens is 162 g/mol. The van der Waals surface area contributed by atoms with Crippen LogP contribution in [0.1, 0.15) is 32.6 Å². The van der Waals surface area contributed by atoms with Gasteiger partial charge in [0.15, 0.2) is 0 Å². The molecule has 1 N–H and O–H groups in total. The second kappa shape index (κ2) is 3.36. The second-order valence-electron chi connectivity index (χ2n) is 3.70. The van der Waals surface area contributed by atoms with Crippen molar-refractivity contribution in [1.82, 2.24) is 5.32 Å². The first-order valence-electron chi connectivity index (χ1n) is 5.00. The molecule has 0 bridgehead atoms. The Balaban J connectivity index is 2.19. The van der Waals surface area contributed by atoms with Gasteiger partial charge in [-0.05, 0) is 24.8 Å². The minimum Gasteiger partial charge on any atom is -0.346 e. The predicted octanol–water partition coefficient (Wildman–Crippen LogP) is 1.93. The maximum atomic E-state index is 11.5. The molecule has 0 fully saturated rings. The van der Waals surface area contributed by atoms with Gasteiger partial charge in [0.1, 0.15) is 0 Å². The number of carbonyl (C=O) groups excluding carboxylic acids is 1. The zero-order chi connectivity index (χ0) is 9.26. The zero-order valence-electron chi connectivity index (χ0n) is 7.97. The number of rotatable bonds is 2. The summed E-state index contributed by atoms with van der Waals surface area (Å²) in [5.41, 5.74) is 2.37. The Morgan fingerprint density at radius 2 is 2.23 bits per heavy atom. The first-order valence-corrected chi connectivity index (χ1v) is 5.00. The van der Waals surface area contributed by atoms with Crippen molar-refractivity contribution >= 4 is 5.91 Å². The van der Waals surface area contributed by atoms with Crippen LogP contribution in [0.5, 0.6) is 0 Å². The molecule has 1 aliphatic heterocycles. The third-order valence-electron chi connectivity index (χ3n) is 2.79. The molecule has 0 aromatic heterocycles. The lowest BCUT2D eigenvalue weighted by Crippen LogP contribution is -2.28. The summed E-state index contributed by atoms with van der Waals surface area (Å²) < 4.78 is 0. The molecule has 1 atom stereocenters. The highest BCUT2D eigenvalue weighted by Gasteiger charge is 2.30. The standard InChI is InChI=1S/C11H15NO/c1-2-5-10-8-6-3-4-7-9(8)11(13)12-10/h3-4,10H,2,5-7H2,1H3,(H,12,13). The van der Waals surface area contributed by atoms with Gasteiger partial charge in [0.05, 0.1) is 6.04 Å². The molecule has 1 amide bonds. The van der Waals surface area contributed by atoms with Gasteiger partial charge in [0, 0.05) is 5.57 Å². The van der Waals surface area contributed by atoms with E-state index in [1.165, 1.54) is 5.57 Å². The number of hydrogen-bond donors (Lipinski definition) is 1. The van der Waals surface area contributed by atoms with E-state index in [2.05, 4.69) is 24.4 Å². The molecule has 2 aliphatic rings. The molecule has 0 saturated heterocycles. The van der Waals surface area contributed by atoms with Crippen LogP contribution in [-0.4, -0.2) is 11.9 Å². The summed E-state index contributed by atoms with van der Waals surface area (Å²) in [5.74, 6) is 0.165. The van der Waals surface area contributed by atoms with Crippen LogP contribution < -0.4 is 5.32 Å². The van der Waals surface area contributed by atoms with Gasteiger partial charge in [0.25, 0.3) is 0 Å². The molecule has 13 heavy (non-hydrogen) atoms. The van der Waals surface area contributed by atoms with Gasteiger partial charge in [-0.1, -0.05) is 25.5 Å². The van der Waals surface area contributed by atoms with Crippen molar-refractivity contribution in [3.05, 3.63) is 23.3 Å². The molecule has 0 saturated carbocycles. The monoisotopic (exact) mass is 177 g/mol. The molecule has 1 heterocycles. The van der Waals surface area contributed by atoms with Gasteiger partial charge in [0.2, 0.25) is 5.91 Å². The average molecular weight is 177 g/mol. The summed E-state index contributed by atoms with van der Waals surface area (Å²) in [4.78, 5) is 11.5. The summed E-state index contributed by atoms with van der Waals surface area (Å²) in [6, 6.07) is 0.331. The second-order valence-corrected chi connectivity index (χ2v) is 3.70. The van der Waals surface area contributed by atoms with E-state index in [4.69, 9.17) is 0 Å². The fraction of sp³-hybridized carbons (Fsp3) is 0.545. The van der Waals surface area contributed by atoms with E-state index < -0.39 is 0 Å². The topological polar surface area (TPSA) is 29.1 Å². The van der Waals surface area contributed by atoms with E-state index in [0.717, 1.165) is 31.3 Å². The van der Waals surface area contributed by atoms with Gasteiger partial charge in [-0.3, -0.25) is 4.79 Å². The normalized spacial score (nSPS) is 26.2. The molecule has 0 aromatic rings. The average Bonchev–Trinajstić information content (AvgIpc) is 2.46. The van der Waals surface area contributed by atoms with Gasteiger partial charge in [-0.15, -0.1) is 0 Å². The Morgan fingerprint density at radius 1 is 1.46 bits per heavy atom. The minimum atomic E-state index is 0.165. The van der Waals surface area contributed by atoms with Crippen molar-refractivity contribution in [2.45, 2.75) is 38.6 Å². The van der Waals surface area contributed by atoms with Gasteiger partial charge >= 0.3 is 0 Å². The third-order valence-corrected chi connectivity index (χ3v) is 2.79. The van der Waals surface area contributed by atoms with Crippen molar-refractivity contribution in [3.63, 3.8) is 0 Å². The fourth-order valence-electron chi connectivity index (χ4n) is 2.12. The van der Waals surface area contributed by atoms with E-state index in [9.17, 15) is 4.79 Å². The first-order chi connectivity index (χ1) is 6.33. The molecule has 0 aromatic carbocycles. The summed E-state index contributed by atoms with van der Waals surface area (Å²) in [7, 11) is 0. The van der Waals surface area contributed by atoms with Gasteiger partial charge in [-0.25, -0.2) is 0 Å². The van der Waals surface area contributed by atoms with Crippen LogP contribution in [0.3, 0.4) is 0 Å². The first kappa shape index (κ1) is 8.54. The molecule has 70 valence electrons. The van der Waals surface area contributed by atoms with Gasteiger partial charge < -0.3 is 5.32 Å². The highest BCUT2D eigenvalue weighted by molar-refractivity contribution is 5.98. The molecule has 0 spiro atoms. The van der Waals surface area contributed by atoms with Crippen LogP contribution in [0, 0.1) is 0 Å². The predicted molar refractivity (Wildman–Crippen MR) is 52.2 cm³/mol. The molecule has 0 radical (unpaired) electrons. The van der Waals surface area contributed by atoms with E-state index >= 15 is 0 Å². The van der Waals surface area contributed by atoms with E-state index in [0.29, 0.717) is 6.04 Å². The molecule has 2 heteroatoms. The van der Waals surface area contributed by atoms with Crippen molar-refractivity contribution < 1.29 is 4.79 Å². The van der Waals surface area contributed by atoms with Crippen LogP contribution in [0.4, 0.5) is 0 Å². The van der Waals surface area contributed by atoms with E-state index in [1.807, 2.05) is 0 Å². The smallest absolute Gasteiger partial charge is 0.248 e. The van der Waals surface area contributed by atoms with Crippen molar-refractivity contribution in [1.29, 1.82) is 0 Å². The Kier molecular flexibility index (Phi) is 2.21.